The molecule has 0 aromatic rings. The highest BCUT2D eigenvalue weighted by atomic mass is 16.8. The molecule has 2 rings (SSSR count). The van der Waals surface area contributed by atoms with Gasteiger partial charge in [-0.3, -0.25) is 0 Å². The lowest BCUT2D eigenvalue weighted by Gasteiger charge is -2.18. The van der Waals surface area contributed by atoms with Crippen molar-refractivity contribution in [1.29, 1.82) is 0 Å². The molecule has 1 saturated carbocycles. The minimum Gasteiger partial charge on any atom is -0.570 e. The van der Waals surface area contributed by atoms with Crippen molar-refractivity contribution in [2.75, 3.05) is 7.11 Å². The minimum atomic E-state index is 0.153. The zero-order valence-electron chi connectivity index (χ0n) is 7.85. The van der Waals surface area contributed by atoms with Gasteiger partial charge in [0.15, 0.2) is 0 Å². The zero-order chi connectivity index (χ0) is 9.26. The molecule has 0 N–H and O–H groups in total. The lowest BCUT2D eigenvalue weighted by Crippen LogP contribution is -2.38. The number of hydrazine groups is 1. The summed E-state index contributed by atoms with van der Waals surface area (Å²) < 4.78 is 0. The molecule has 0 radical (unpaired) electrons. The summed E-state index contributed by atoms with van der Waals surface area (Å²) >= 11 is 0. The number of hydroxylamine groups is 1. The van der Waals surface area contributed by atoms with Crippen LogP contribution in [0.4, 0.5) is 0 Å². The van der Waals surface area contributed by atoms with E-state index in [2.05, 4.69) is 5.11 Å². The van der Waals surface area contributed by atoms with Gasteiger partial charge in [-0.05, 0) is 18.0 Å². The number of hydrogen-bond acceptors (Lipinski definition) is 4. The van der Waals surface area contributed by atoms with Gasteiger partial charge in [-0.25, -0.2) is 4.84 Å². The lowest BCUT2D eigenvalue weighted by molar-refractivity contribution is -0.752. The van der Waals surface area contributed by atoms with Crippen LogP contribution in [0.1, 0.15) is 32.1 Å². The van der Waals surface area contributed by atoms with E-state index < -0.39 is 0 Å². The molecule has 0 bridgehead atoms. The summed E-state index contributed by atoms with van der Waals surface area (Å²) in [5.41, 5.74) is 0. The highest BCUT2D eigenvalue weighted by Crippen LogP contribution is 2.28. The van der Waals surface area contributed by atoms with Gasteiger partial charge in [0.25, 0.3) is 0 Å². The molecular formula is C8H15N3O2. The van der Waals surface area contributed by atoms with Gasteiger partial charge in [0.1, 0.15) is 12.1 Å². The van der Waals surface area contributed by atoms with Gasteiger partial charge >= 0.3 is 0 Å². The SMILES string of the molecule is CON1C2CCCCCC2N=[N+]1[O-]. The van der Waals surface area contributed by atoms with Gasteiger partial charge in [0.05, 0.1) is 12.1 Å². The van der Waals surface area contributed by atoms with Crippen LogP contribution in [0.5, 0.6) is 0 Å². The van der Waals surface area contributed by atoms with E-state index in [0.29, 0.717) is 4.97 Å². The third-order valence-electron chi connectivity index (χ3n) is 2.83. The molecule has 2 aliphatic rings. The Morgan fingerprint density at radius 3 is 2.92 bits per heavy atom. The Morgan fingerprint density at radius 1 is 1.38 bits per heavy atom. The van der Waals surface area contributed by atoms with E-state index in [4.69, 9.17) is 4.84 Å². The second-order valence-electron chi connectivity index (χ2n) is 3.63. The molecule has 1 fully saturated rings. The third kappa shape index (κ3) is 1.48. The highest BCUT2D eigenvalue weighted by Gasteiger charge is 2.42. The monoisotopic (exact) mass is 185 g/mol. The van der Waals surface area contributed by atoms with E-state index in [0.717, 1.165) is 12.8 Å². The first-order chi connectivity index (χ1) is 6.33. The van der Waals surface area contributed by atoms with Crippen LogP contribution in [0.3, 0.4) is 0 Å². The Morgan fingerprint density at radius 2 is 2.15 bits per heavy atom. The van der Waals surface area contributed by atoms with Gasteiger partial charge in [-0.1, -0.05) is 19.3 Å². The minimum absolute atomic E-state index is 0.153. The van der Waals surface area contributed by atoms with E-state index in [1.807, 2.05) is 0 Å². The predicted octanol–water partition coefficient (Wildman–Crippen LogP) is 1.44. The summed E-state index contributed by atoms with van der Waals surface area (Å²) in [4.78, 5) is 5.60. The first-order valence-corrected chi connectivity index (χ1v) is 4.84. The van der Waals surface area contributed by atoms with Crippen LogP contribution in [-0.4, -0.2) is 29.3 Å². The third-order valence-corrected chi connectivity index (χ3v) is 2.83. The quantitative estimate of drug-likeness (QED) is 0.459. The number of fused-ring (bicyclic) bond motifs is 1. The standard InChI is InChI=1S/C8H15N3O2/c1-13-10-8-6-4-2-3-5-7(8)9-11(10)12/h7-8H,2-6H2,1H3. The highest BCUT2D eigenvalue weighted by molar-refractivity contribution is 4.82. The molecule has 1 heterocycles. The Bertz CT molecular complexity index is 219. The average Bonchev–Trinajstić information content (AvgIpc) is 2.32. The predicted molar refractivity (Wildman–Crippen MR) is 45.6 cm³/mol. The van der Waals surface area contributed by atoms with Crippen molar-refractivity contribution >= 4 is 0 Å². The Balaban J connectivity index is 2.11. The molecule has 0 amide bonds. The van der Waals surface area contributed by atoms with Crippen molar-refractivity contribution in [3.8, 4) is 0 Å². The van der Waals surface area contributed by atoms with Crippen molar-refractivity contribution in [3.05, 3.63) is 5.21 Å². The van der Waals surface area contributed by atoms with Gasteiger partial charge in [0.2, 0.25) is 0 Å². The molecule has 5 heteroatoms. The fraction of sp³-hybridized carbons (Fsp3) is 1.00. The molecule has 74 valence electrons. The summed E-state index contributed by atoms with van der Waals surface area (Å²) in [5, 5.41) is 16.6. The molecule has 5 nitrogen and oxygen atoms in total. The van der Waals surface area contributed by atoms with E-state index in [1.165, 1.54) is 31.5 Å². The zero-order valence-corrected chi connectivity index (χ0v) is 7.85. The van der Waals surface area contributed by atoms with Crippen LogP contribution in [0, 0.1) is 5.21 Å². The van der Waals surface area contributed by atoms with Crippen LogP contribution in [0.2, 0.25) is 0 Å². The molecule has 2 atom stereocenters. The van der Waals surface area contributed by atoms with E-state index in [9.17, 15) is 5.21 Å². The second kappa shape index (κ2) is 3.49. The summed E-state index contributed by atoms with van der Waals surface area (Å²) in [6, 6.07) is 0.324. The van der Waals surface area contributed by atoms with Crippen molar-refractivity contribution in [1.82, 2.24) is 5.17 Å². The van der Waals surface area contributed by atoms with Gasteiger partial charge in [-0.2, -0.15) is 0 Å². The number of nitrogens with zero attached hydrogens (tertiary/aromatic N) is 3. The maximum atomic E-state index is 11.2. The maximum Gasteiger partial charge on any atom is 0.146 e. The molecule has 1 aliphatic carbocycles. The lowest BCUT2D eigenvalue weighted by atomic mass is 10.1. The van der Waals surface area contributed by atoms with E-state index in [1.54, 1.807) is 0 Å². The summed E-state index contributed by atoms with van der Waals surface area (Å²) in [5.74, 6) is 0. The first kappa shape index (κ1) is 8.74. The Labute approximate surface area is 77.5 Å². The molecule has 0 spiro atoms. The number of rotatable bonds is 1. The molecule has 1 aliphatic heterocycles. The molecule has 13 heavy (non-hydrogen) atoms. The molecule has 2 unspecified atom stereocenters. The van der Waals surface area contributed by atoms with Crippen LogP contribution >= 0.6 is 0 Å². The van der Waals surface area contributed by atoms with Gasteiger partial charge < -0.3 is 5.21 Å². The summed E-state index contributed by atoms with van der Waals surface area (Å²) in [6.07, 6.45) is 5.63. The summed E-state index contributed by atoms with van der Waals surface area (Å²) in [6.45, 7) is 0. The fourth-order valence-corrected chi connectivity index (χ4v) is 2.17. The van der Waals surface area contributed by atoms with E-state index in [-0.39, 0.29) is 12.1 Å². The van der Waals surface area contributed by atoms with Crippen LogP contribution in [0.15, 0.2) is 5.11 Å². The first-order valence-electron chi connectivity index (χ1n) is 4.84. The van der Waals surface area contributed by atoms with Gasteiger partial charge in [-0.15, -0.1) is 0 Å². The second-order valence-corrected chi connectivity index (χ2v) is 3.63. The van der Waals surface area contributed by atoms with Crippen molar-refractivity contribution in [2.24, 2.45) is 5.11 Å². The van der Waals surface area contributed by atoms with E-state index >= 15 is 0 Å². The Kier molecular flexibility index (Phi) is 2.35. The fourth-order valence-electron chi connectivity index (χ4n) is 2.17. The van der Waals surface area contributed by atoms with Crippen molar-refractivity contribution in [2.45, 2.75) is 44.2 Å². The smallest absolute Gasteiger partial charge is 0.146 e. The number of hydrogen-bond donors (Lipinski definition) is 0. The normalized spacial score (nSPS) is 33.9. The molecule has 0 aromatic carbocycles. The van der Waals surface area contributed by atoms with Crippen LogP contribution in [-0.2, 0) is 4.84 Å². The van der Waals surface area contributed by atoms with Gasteiger partial charge in [0, 0.05) is 5.11 Å². The molecular weight excluding hydrogens is 170 g/mol. The van der Waals surface area contributed by atoms with Crippen molar-refractivity contribution in [3.63, 3.8) is 0 Å². The molecule has 0 saturated heterocycles. The largest absolute Gasteiger partial charge is 0.570 e. The van der Waals surface area contributed by atoms with Crippen LogP contribution < -0.4 is 0 Å². The maximum absolute atomic E-state index is 11.2. The topological polar surface area (TPSA) is 50.9 Å². The van der Waals surface area contributed by atoms with Crippen LogP contribution in [0.25, 0.3) is 0 Å². The Hall–Kier alpha value is -0.840. The average molecular weight is 185 g/mol. The summed E-state index contributed by atoms with van der Waals surface area (Å²) in [7, 11) is 1.52. The van der Waals surface area contributed by atoms with Crippen molar-refractivity contribution < 1.29 is 9.81 Å². The molecule has 0 aromatic heterocycles.